The van der Waals surface area contributed by atoms with Gasteiger partial charge in [-0.1, -0.05) is 36.4 Å². The van der Waals surface area contributed by atoms with Gasteiger partial charge < -0.3 is 44.3 Å². The molecular formula is C47H59N3O10. The molecule has 2 aromatic carbocycles. The van der Waals surface area contributed by atoms with Crippen molar-refractivity contribution in [3.8, 4) is 34.6 Å². The number of nitrogens with zero attached hydrogens (tertiary/aromatic N) is 2. The van der Waals surface area contributed by atoms with E-state index >= 15 is 0 Å². The Morgan fingerprint density at radius 1 is 0.750 bits per heavy atom. The second-order valence-electron chi connectivity index (χ2n) is 15.8. The lowest BCUT2D eigenvalue weighted by Gasteiger charge is -2.19. The number of carbonyl (C=O) groups is 2. The van der Waals surface area contributed by atoms with Crippen molar-refractivity contribution in [2.75, 3.05) is 27.4 Å². The molecular weight excluding hydrogens is 767 g/mol. The fourth-order valence-corrected chi connectivity index (χ4v) is 7.59. The number of esters is 1. The minimum atomic E-state index is -1.01. The van der Waals surface area contributed by atoms with Crippen LogP contribution in [0.1, 0.15) is 115 Å². The van der Waals surface area contributed by atoms with Crippen molar-refractivity contribution < 1.29 is 48.6 Å². The number of ether oxygens (including phenoxy) is 5. The third kappa shape index (κ3) is 11.7. The Hall–Kier alpha value is -5.24. The summed E-state index contributed by atoms with van der Waals surface area (Å²) in [5.41, 5.74) is 10.4. The van der Waals surface area contributed by atoms with Gasteiger partial charge in [0.2, 0.25) is 23.5 Å². The van der Waals surface area contributed by atoms with Crippen molar-refractivity contribution in [2.45, 2.75) is 122 Å². The van der Waals surface area contributed by atoms with E-state index in [0.717, 1.165) is 81.3 Å². The molecule has 0 amide bonds. The number of aliphatic carboxylic acids is 1. The number of aliphatic hydroxyl groups excluding tert-OH is 2. The number of nitrogens with one attached hydrogen (secondary N) is 1. The van der Waals surface area contributed by atoms with E-state index in [4.69, 9.17) is 38.8 Å². The second-order valence-corrected chi connectivity index (χ2v) is 15.8. The summed E-state index contributed by atoms with van der Waals surface area (Å²) in [5, 5.41) is 32.5. The lowest BCUT2D eigenvalue weighted by atomic mass is 9.92. The van der Waals surface area contributed by atoms with E-state index in [9.17, 15) is 19.8 Å². The maximum atomic E-state index is 11.7. The molecule has 2 aromatic heterocycles. The van der Waals surface area contributed by atoms with Crippen molar-refractivity contribution in [2.24, 2.45) is 0 Å². The topological polar surface area (TPSA) is 179 Å². The Bertz CT molecular complexity index is 2120. The molecule has 322 valence electrons. The zero-order valence-corrected chi connectivity index (χ0v) is 35.4. The number of carboxylic acids is 1. The highest BCUT2D eigenvalue weighted by Gasteiger charge is 2.31. The zero-order valence-electron chi connectivity index (χ0n) is 35.4. The molecule has 2 heterocycles. The molecule has 0 unspecified atom stereocenters. The van der Waals surface area contributed by atoms with Gasteiger partial charge in [0.1, 0.15) is 13.2 Å². The average molecular weight is 826 g/mol. The highest BCUT2D eigenvalue weighted by molar-refractivity contribution is 5.72. The van der Waals surface area contributed by atoms with Crippen LogP contribution in [0.15, 0.2) is 48.5 Å². The van der Waals surface area contributed by atoms with Crippen LogP contribution in [0.4, 0.5) is 0 Å². The molecule has 0 spiro atoms. The predicted molar refractivity (Wildman–Crippen MR) is 226 cm³/mol. The van der Waals surface area contributed by atoms with Crippen LogP contribution in [0.2, 0.25) is 0 Å². The summed E-state index contributed by atoms with van der Waals surface area (Å²) in [5.74, 6) is 1.34. The number of methoxy groups -OCH3 is 2. The van der Waals surface area contributed by atoms with Gasteiger partial charge in [-0.2, -0.15) is 9.97 Å². The number of carboxylic acid groups (broad SMARTS) is 1. The lowest BCUT2D eigenvalue weighted by Crippen LogP contribution is -2.29. The van der Waals surface area contributed by atoms with Crippen LogP contribution < -0.4 is 24.3 Å². The molecule has 2 atom stereocenters. The van der Waals surface area contributed by atoms with Gasteiger partial charge in [0.25, 0.3) is 0 Å². The first-order chi connectivity index (χ1) is 29.0. The van der Waals surface area contributed by atoms with Gasteiger partial charge in [0.05, 0.1) is 45.9 Å². The van der Waals surface area contributed by atoms with E-state index < -0.39 is 24.1 Å². The number of hydrogen-bond donors (Lipinski definition) is 4. The fourth-order valence-electron chi connectivity index (χ4n) is 7.59. The van der Waals surface area contributed by atoms with E-state index in [1.807, 2.05) is 0 Å². The van der Waals surface area contributed by atoms with Gasteiger partial charge in [-0.15, -0.1) is 0 Å². The van der Waals surface area contributed by atoms with Crippen LogP contribution in [-0.2, 0) is 40.5 Å². The first-order valence-electron chi connectivity index (χ1n) is 21.0. The molecule has 4 N–H and O–H groups in total. The van der Waals surface area contributed by atoms with Crippen LogP contribution in [0.5, 0.6) is 23.5 Å². The molecule has 0 bridgehead atoms. The largest absolute Gasteiger partial charge is 0.481 e. The van der Waals surface area contributed by atoms with Crippen LogP contribution in [0.3, 0.4) is 0 Å². The maximum Gasteiger partial charge on any atom is 0.308 e. The molecule has 13 nitrogen and oxygen atoms in total. The van der Waals surface area contributed by atoms with Crippen LogP contribution in [0, 0.1) is 13.8 Å². The normalized spacial score (nSPS) is 14.7. The smallest absolute Gasteiger partial charge is 0.308 e. The fraction of sp³-hybridized carbons (Fsp3) is 0.489. The third-order valence-electron chi connectivity index (χ3n) is 11.2. The van der Waals surface area contributed by atoms with Gasteiger partial charge in [-0.25, -0.2) is 0 Å². The molecule has 6 rings (SSSR count). The van der Waals surface area contributed by atoms with Crippen LogP contribution in [-0.4, -0.2) is 76.8 Å². The number of benzene rings is 2. The first-order valence-corrected chi connectivity index (χ1v) is 21.0. The van der Waals surface area contributed by atoms with E-state index in [-0.39, 0.29) is 26.0 Å². The Morgan fingerprint density at radius 3 is 1.78 bits per heavy atom. The van der Waals surface area contributed by atoms with Crippen LogP contribution >= 0.6 is 0 Å². The van der Waals surface area contributed by atoms with Gasteiger partial charge in [0.15, 0.2) is 0 Å². The summed E-state index contributed by atoms with van der Waals surface area (Å²) in [7, 11) is 3.17. The summed E-state index contributed by atoms with van der Waals surface area (Å²) >= 11 is 0. The summed E-state index contributed by atoms with van der Waals surface area (Å²) < 4.78 is 29.2. The van der Waals surface area contributed by atoms with E-state index in [1.54, 1.807) is 21.1 Å². The number of carbonyl (C=O) groups excluding carboxylic acids is 1. The second kappa shape index (κ2) is 20.8. The number of pyridine rings is 2. The third-order valence-corrected chi connectivity index (χ3v) is 11.2. The van der Waals surface area contributed by atoms with Gasteiger partial charge >= 0.3 is 11.9 Å². The van der Waals surface area contributed by atoms with Crippen molar-refractivity contribution >= 4 is 11.9 Å². The van der Waals surface area contributed by atoms with Gasteiger partial charge in [0, 0.05) is 35.3 Å². The number of aromatic nitrogens is 2. The number of hydrogen-bond acceptors (Lipinski definition) is 12. The Kier molecular flexibility index (Phi) is 15.4. The molecule has 13 heteroatoms. The summed E-state index contributed by atoms with van der Waals surface area (Å²) in [4.78, 5) is 32.3. The molecule has 4 aromatic rings. The minimum absolute atomic E-state index is 0.0723. The molecule has 0 aliphatic heterocycles. The lowest BCUT2D eigenvalue weighted by molar-refractivity contribution is -0.145. The Balaban J connectivity index is 1.13. The van der Waals surface area contributed by atoms with E-state index in [2.05, 4.69) is 67.7 Å². The highest BCUT2D eigenvalue weighted by Crippen LogP contribution is 2.47. The Morgan fingerprint density at radius 2 is 1.28 bits per heavy atom. The van der Waals surface area contributed by atoms with Crippen molar-refractivity contribution in [3.63, 3.8) is 0 Å². The predicted octanol–water partition coefficient (Wildman–Crippen LogP) is 7.25. The van der Waals surface area contributed by atoms with E-state index in [1.165, 1.54) is 0 Å². The standard InChI is InChI=1S/C47H59N3O10/c1-6-58-43(55)23-37(52)25-48-24-35-21-41(31-18-19-31)47(50-45(35)57-5)60-27-34-12-9-15-39(29(34)3)38-14-8-11-33(28(38)2)26-59-46-40(30-16-17-30)20-32(44(49-46)56-4)10-7-13-36(51)22-42(53)54/h8-9,11-12,14-15,20-21,30-31,36-37,48,51-52H,6-7,10,13,16-19,22-27H2,1-5H3,(H,53,54)/t36-,37+/m1/s1. The van der Waals surface area contributed by atoms with Crippen molar-refractivity contribution in [1.82, 2.24) is 15.3 Å². The van der Waals surface area contributed by atoms with E-state index in [0.29, 0.717) is 74.4 Å². The monoisotopic (exact) mass is 825 g/mol. The van der Waals surface area contributed by atoms with Crippen molar-refractivity contribution in [3.05, 3.63) is 93.0 Å². The highest BCUT2D eigenvalue weighted by atomic mass is 16.5. The summed E-state index contributed by atoms with van der Waals surface area (Å²) in [6, 6.07) is 16.7. The molecule has 0 radical (unpaired) electrons. The molecule has 60 heavy (non-hydrogen) atoms. The number of aryl methyl sites for hydroxylation is 1. The zero-order chi connectivity index (χ0) is 42.8. The SMILES string of the molecule is CCOC(=O)C[C@H](O)CNCc1cc(C2CC2)c(OCc2cccc(-c3cccc(COc4nc(OC)c(CCC[C@@H](O)CC(=O)O)cc4C4CC4)c3C)c2C)nc1OC. The van der Waals surface area contributed by atoms with Gasteiger partial charge in [-0.05, 0) is 123 Å². The average Bonchev–Trinajstić information content (AvgIpc) is 4.16. The molecule has 2 aliphatic carbocycles. The summed E-state index contributed by atoms with van der Waals surface area (Å²) in [6.45, 7) is 7.53. The molecule has 0 saturated heterocycles. The Labute approximate surface area is 352 Å². The number of rotatable bonds is 24. The maximum absolute atomic E-state index is 11.7. The van der Waals surface area contributed by atoms with Crippen molar-refractivity contribution in [1.29, 1.82) is 0 Å². The van der Waals surface area contributed by atoms with Gasteiger partial charge in [-0.3, -0.25) is 9.59 Å². The van der Waals surface area contributed by atoms with Crippen LogP contribution in [0.25, 0.3) is 11.1 Å². The quantitative estimate of drug-likeness (QED) is 0.0520. The molecule has 2 aliphatic rings. The number of aliphatic hydroxyl groups is 2. The minimum Gasteiger partial charge on any atom is -0.481 e. The molecule has 2 saturated carbocycles. The molecule has 2 fully saturated rings. The summed E-state index contributed by atoms with van der Waals surface area (Å²) in [6.07, 6.45) is 3.77. The first kappa shape index (κ1) is 44.3.